The van der Waals surface area contributed by atoms with Gasteiger partial charge in [-0.25, -0.2) is 16.8 Å². The van der Waals surface area contributed by atoms with E-state index < -0.39 is 21.4 Å². The van der Waals surface area contributed by atoms with Crippen molar-refractivity contribution in [3.63, 3.8) is 0 Å². The molecule has 0 N–H and O–H groups in total. The molecule has 4 nitrogen and oxygen atoms in total. The molecule has 0 aliphatic heterocycles. The van der Waals surface area contributed by atoms with E-state index in [4.69, 9.17) is 0 Å². The number of hydrogen-bond acceptors (Lipinski definition) is 4. The van der Waals surface area contributed by atoms with Crippen LogP contribution in [0.3, 0.4) is 0 Å². The first-order valence-electron chi connectivity index (χ1n) is 2.36. The summed E-state index contributed by atoms with van der Waals surface area (Å²) in [6.45, 7) is 0. The molecular weight excluding hydrogens is 164 g/mol. The van der Waals surface area contributed by atoms with Crippen molar-refractivity contribution in [3.05, 3.63) is 0 Å². The van der Waals surface area contributed by atoms with Crippen molar-refractivity contribution in [2.75, 3.05) is 11.5 Å². The first kappa shape index (κ1) is 8.90. The zero-order chi connectivity index (χ0) is 7.28. The zero-order valence-corrected chi connectivity index (χ0v) is 6.44. The van der Waals surface area contributed by atoms with Crippen LogP contribution in [0, 0.1) is 0 Å². The van der Waals surface area contributed by atoms with Gasteiger partial charge in [-0.05, 0) is 6.42 Å². The Balaban J connectivity index is 3.31. The molecule has 0 unspecified atom stereocenters. The van der Waals surface area contributed by atoms with Crippen LogP contribution in [0.5, 0.6) is 0 Å². The molecule has 0 aliphatic carbocycles. The first-order valence-corrected chi connectivity index (χ1v) is 5.09. The van der Waals surface area contributed by atoms with Crippen molar-refractivity contribution in [1.29, 1.82) is 0 Å². The van der Waals surface area contributed by atoms with Gasteiger partial charge in [0.25, 0.3) is 0 Å². The highest BCUT2D eigenvalue weighted by Crippen LogP contribution is 1.78. The van der Waals surface area contributed by atoms with Crippen LogP contribution >= 0.6 is 0 Å². The molecule has 0 saturated carbocycles. The van der Waals surface area contributed by atoms with Crippen molar-refractivity contribution < 1.29 is 16.8 Å². The summed E-state index contributed by atoms with van der Waals surface area (Å²) in [7, 11) is -4.80. The predicted octanol–water partition coefficient (Wildman–Crippen LogP) is -1.40. The number of thiol groups is 2. The third-order valence-corrected chi connectivity index (χ3v) is 2.04. The van der Waals surface area contributed by atoms with Crippen LogP contribution in [-0.2, 0) is 21.4 Å². The predicted molar refractivity (Wildman–Crippen MR) is 35.0 cm³/mol. The summed E-state index contributed by atoms with van der Waals surface area (Å²) >= 11 is 0. The average Bonchev–Trinajstić information content (AvgIpc) is 1.63. The molecule has 0 aromatic heterocycles. The third-order valence-electron chi connectivity index (χ3n) is 0.681. The Kier molecular flexibility index (Phi) is 4.70. The third kappa shape index (κ3) is 7.90. The van der Waals surface area contributed by atoms with E-state index in [1.165, 1.54) is 0 Å². The molecule has 9 heavy (non-hydrogen) atoms. The smallest absolute Gasteiger partial charge is 0.140 e. The minimum absolute atomic E-state index is 0.0291. The van der Waals surface area contributed by atoms with Crippen LogP contribution in [0.4, 0.5) is 0 Å². The normalized spacial score (nSPS) is 10.9. The lowest BCUT2D eigenvalue weighted by atomic mass is 10.6. The molecule has 0 aromatic carbocycles. The number of rotatable bonds is 4. The Morgan fingerprint density at radius 1 is 0.778 bits per heavy atom. The highest BCUT2D eigenvalue weighted by molar-refractivity contribution is 7.73. The van der Waals surface area contributed by atoms with Crippen LogP contribution < -0.4 is 0 Å². The Morgan fingerprint density at radius 2 is 1.11 bits per heavy atom. The summed E-state index contributed by atoms with van der Waals surface area (Å²) in [5.74, 6) is -0.0582. The lowest BCUT2D eigenvalue weighted by Crippen LogP contribution is -1.93. The fourth-order valence-corrected chi connectivity index (χ4v) is 1.41. The lowest BCUT2D eigenvalue weighted by Gasteiger charge is -1.82. The van der Waals surface area contributed by atoms with E-state index in [2.05, 4.69) is 0 Å². The maximum atomic E-state index is 9.82. The fourth-order valence-electron chi connectivity index (χ4n) is 0.329. The van der Waals surface area contributed by atoms with Gasteiger partial charge in [-0.3, -0.25) is 0 Å². The van der Waals surface area contributed by atoms with E-state index in [0.717, 1.165) is 0 Å². The van der Waals surface area contributed by atoms with Crippen LogP contribution in [0.15, 0.2) is 0 Å². The van der Waals surface area contributed by atoms with E-state index in [-0.39, 0.29) is 17.9 Å². The molecular formula is C3H8O4S2. The molecule has 0 fully saturated rings. The summed E-state index contributed by atoms with van der Waals surface area (Å²) in [5.41, 5.74) is 0. The van der Waals surface area contributed by atoms with Gasteiger partial charge in [-0.1, -0.05) is 0 Å². The Morgan fingerprint density at radius 3 is 1.33 bits per heavy atom. The van der Waals surface area contributed by atoms with E-state index in [0.29, 0.717) is 0 Å². The standard InChI is InChI=1S/C3H8O4S2/c4-8(5)2-1-3-9(6)7/h8-9H,1-3H2. The van der Waals surface area contributed by atoms with Gasteiger partial charge < -0.3 is 0 Å². The highest BCUT2D eigenvalue weighted by atomic mass is 32.2. The molecule has 0 bridgehead atoms. The van der Waals surface area contributed by atoms with E-state index >= 15 is 0 Å². The molecule has 6 heteroatoms. The van der Waals surface area contributed by atoms with Gasteiger partial charge in [0.1, 0.15) is 21.4 Å². The SMILES string of the molecule is O=[SH](=O)CCC[SH](=O)=O. The van der Waals surface area contributed by atoms with Gasteiger partial charge in [-0.15, -0.1) is 0 Å². The second-order valence-electron chi connectivity index (χ2n) is 1.47. The van der Waals surface area contributed by atoms with Gasteiger partial charge in [0, 0.05) is 11.5 Å². The van der Waals surface area contributed by atoms with Crippen molar-refractivity contribution >= 4 is 21.4 Å². The molecule has 0 aromatic rings. The largest absolute Gasteiger partial charge is 0.232 e. The summed E-state index contributed by atoms with van der Waals surface area (Å²) in [5, 5.41) is 0. The zero-order valence-electron chi connectivity index (χ0n) is 4.65. The minimum Gasteiger partial charge on any atom is -0.232 e. The number of hydrogen-bond donors (Lipinski definition) is 2. The molecule has 56 valence electrons. The Bertz CT molecular complexity index is 164. The maximum Gasteiger partial charge on any atom is 0.140 e. The summed E-state index contributed by atoms with van der Waals surface area (Å²) in [6.07, 6.45) is 0.220. The van der Waals surface area contributed by atoms with E-state index in [9.17, 15) is 16.8 Å². The second kappa shape index (κ2) is 4.75. The van der Waals surface area contributed by atoms with Crippen molar-refractivity contribution in [2.24, 2.45) is 0 Å². The van der Waals surface area contributed by atoms with Crippen LogP contribution in [-0.4, -0.2) is 28.3 Å². The topological polar surface area (TPSA) is 68.3 Å². The monoisotopic (exact) mass is 172 g/mol. The van der Waals surface area contributed by atoms with Gasteiger partial charge >= 0.3 is 0 Å². The van der Waals surface area contributed by atoms with Gasteiger partial charge in [0.2, 0.25) is 0 Å². The lowest BCUT2D eigenvalue weighted by molar-refractivity contribution is 0.609. The Labute approximate surface area is 56.8 Å². The molecule has 0 rings (SSSR count). The van der Waals surface area contributed by atoms with Crippen LogP contribution in [0.25, 0.3) is 0 Å². The van der Waals surface area contributed by atoms with Gasteiger partial charge in [-0.2, -0.15) is 0 Å². The van der Waals surface area contributed by atoms with E-state index in [1.54, 1.807) is 0 Å². The van der Waals surface area contributed by atoms with Crippen molar-refractivity contribution in [1.82, 2.24) is 0 Å². The van der Waals surface area contributed by atoms with Crippen molar-refractivity contribution in [3.8, 4) is 0 Å². The van der Waals surface area contributed by atoms with Gasteiger partial charge in [0.15, 0.2) is 0 Å². The van der Waals surface area contributed by atoms with Gasteiger partial charge in [0.05, 0.1) is 0 Å². The molecule has 0 atom stereocenters. The molecule has 0 spiro atoms. The highest BCUT2D eigenvalue weighted by Gasteiger charge is 1.89. The molecule has 0 radical (unpaired) electrons. The first-order chi connectivity index (χ1) is 4.13. The summed E-state index contributed by atoms with van der Waals surface area (Å²) in [6, 6.07) is 0. The Hall–Kier alpha value is -0.100. The molecule has 0 amide bonds. The summed E-state index contributed by atoms with van der Waals surface area (Å²) < 4.78 is 39.3. The minimum atomic E-state index is -2.40. The van der Waals surface area contributed by atoms with E-state index in [1.807, 2.05) is 0 Å². The van der Waals surface area contributed by atoms with Crippen molar-refractivity contribution in [2.45, 2.75) is 6.42 Å². The summed E-state index contributed by atoms with van der Waals surface area (Å²) in [4.78, 5) is 0. The molecule has 0 heterocycles. The van der Waals surface area contributed by atoms with Crippen LogP contribution in [0.2, 0.25) is 0 Å². The quantitative estimate of drug-likeness (QED) is 0.512. The van der Waals surface area contributed by atoms with Crippen LogP contribution in [0.1, 0.15) is 6.42 Å². The second-order valence-corrected chi connectivity index (χ2v) is 3.69. The average molecular weight is 172 g/mol. The maximum absolute atomic E-state index is 9.82. The fraction of sp³-hybridized carbons (Fsp3) is 1.00. The molecule has 0 aliphatic rings. The molecule has 0 saturated heterocycles.